The van der Waals surface area contributed by atoms with Crippen molar-refractivity contribution in [3.8, 4) is 0 Å². The highest BCUT2D eigenvalue weighted by Crippen LogP contribution is 2.33. The van der Waals surface area contributed by atoms with Crippen LogP contribution < -0.4 is 0 Å². The zero-order valence-corrected chi connectivity index (χ0v) is 17.8. The molecule has 0 saturated heterocycles. The Hall–Kier alpha value is -3.38. The van der Waals surface area contributed by atoms with Crippen LogP contribution in [0.3, 0.4) is 0 Å². The Morgan fingerprint density at radius 2 is 1.10 bits per heavy atom. The topological polar surface area (TPSA) is 0 Å². The molecule has 4 aromatic carbocycles. The van der Waals surface area contributed by atoms with E-state index in [1.54, 1.807) is 0 Å². The first-order valence-electron chi connectivity index (χ1n) is 10.6. The minimum absolute atomic E-state index is 0.359. The van der Waals surface area contributed by atoms with E-state index in [1.807, 2.05) is 6.07 Å². The van der Waals surface area contributed by atoms with Crippen molar-refractivity contribution >= 4 is 12.2 Å². The van der Waals surface area contributed by atoms with Crippen LogP contribution in [-0.4, -0.2) is 0 Å². The van der Waals surface area contributed by atoms with E-state index in [0.29, 0.717) is 5.92 Å². The summed E-state index contributed by atoms with van der Waals surface area (Å²) in [7, 11) is 0. The monoisotopic (exact) mass is 388 g/mol. The van der Waals surface area contributed by atoms with Gasteiger partial charge in [0.1, 0.15) is 0 Å². The number of hydrogen-bond acceptors (Lipinski definition) is 0. The molecule has 0 aromatic heterocycles. The molecule has 0 radical (unpaired) electrons. The van der Waals surface area contributed by atoms with Gasteiger partial charge in [-0.15, -0.1) is 0 Å². The van der Waals surface area contributed by atoms with Gasteiger partial charge >= 0.3 is 0 Å². The molecule has 0 aliphatic heterocycles. The van der Waals surface area contributed by atoms with E-state index in [-0.39, 0.29) is 0 Å². The molecule has 0 heterocycles. The van der Waals surface area contributed by atoms with Crippen molar-refractivity contribution in [3.05, 3.63) is 142 Å². The van der Waals surface area contributed by atoms with Gasteiger partial charge in [0.05, 0.1) is 0 Å². The lowest BCUT2D eigenvalue weighted by atomic mass is 9.81. The van der Waals surface area contributed by atoms with Crippen molar-refractivity contribution in [1.82, 2.24) is 0 Å². The fourth-order valence-electron chi connectivity index (χ4n) is 4.21. The maximum absolute atomic E-state index is 2.27. The largest absolute Gasteiger partial charge is 0.0622 e. The normalized spacial score (nSPS) is 12.2. The quantitative estimate of drug-likeness (QED) is 0.295. The average molecular weight is 389 g/mol. The highest BCUT2D eigenvalue weighted by molar-refractivity contribution is 5.69. The lowest BCUT2D eigenvalue weighted by Gasteiger charge is -2.22. The highest BCUT2D eigenvalue weighted by Gasteiger charge is 2.18. The fraction of sp³-hybridized carbons (Fsp3) is 0.133. The third kappa shape index (κ3) is 4.78. The first-order valence-corrected chi connectivity index (χ1v) is 10.6. The predicted octanol–water partition coefficient (Wildman–Crippen LogP) is 7.85. The average Bonchev–Trinajstić information content (AvgIpc) is 2.79. The van der Waals surface area contributed by atoms with Gasteiger partial charge in [0.15, 0.2) is 0 Å². The molecule has 4 rings (SSSR count). The van der Waals surface area contributed by atoms with Crippen LogP contribution in [0.25, 0.3) is 12.2 Å². The summed E-state index contributed by atoms with van der Waals surface area (Å²) >= 11 is 0. The Kier molecular flexibility index (Phi) is 6.25. The van der Waals surface area contributed by atoms with Crippen molar-refractivity contribution in [3.63, 3.8) is 0 Å². The highest BCUT2D eigenvalue weighted by atomic mass is 14.2. The van der Waals surface area contributed by atoms with Crippen LogP contribution in [0, 0.1) is 13.8 Å². The van der Waals surface area contributed by atoms with Crippen LogP contribution in [-0.2, 0) is 6.42 Å². The first kappa shape index (κ1) is 19.9. The summed E-state index contributed by atoms with van der Waals surface area (Å²) in [6, 6.07) is 37.0. The summed E-state index contributed by atoms with van der Waals surface area (Å²) in [5.74, 6) is 0.359. The smallest absolute Gasteiger partial charge is 0.0135 e. The molecule has 0 heteroatoms. The Morgan fingerprint density at radius 3 is 1.70 bits per heavy atom. The van der Waals surface area contributed by atoms with Crippen LogP contribution in [0.1, 0.15) is 44.9 Å². The molecule has 0 aliphatic carbocycles. The summed E-state index contributed by atoms with van der Waals surface area (Å²) in [4.78, 5) is 0. The van der Waals surface area contributed by atoms with Gasteiger partial charge in [-0.3, -0.25) is 0 Å². The second-order valence-corrected chi connectivity index (χ2v) is 7.96. The van der Waals surface area contributed by atoms with Gasteiger partial charge in [-0.2, -0.15) is 0 Å². The number of benzene rings is 4. The van der Waals surface area contributed by atoms with E-state index >= 15 is 0 Å². The van der Waals surface area contributed by atoms with Gasteiger partial charge in [-0.1, -0.05) is 115 Å². The minimum atomic E-state index is 0.359. The van der Waals surface area contributed by atoms with E-state index in [1.165, 1.54) is 38.9 Å². The SMILES string of the molecule is Cc1cccc(C)c1C(Cc1ccc(/C=C/c2ccccc2)cc1)c1ccccc1. The summed E-state index contributed by atoms with van der Waals surface area (Å²) in [6.45, 7) is 4.46. The summed E-state index contributed by atoms with van der Waals surface area (Å²) in [6.07, 6.45) is 5.34. The molecule has 0 saturated carbocycles. The molecule has 0 aliphatic rings. The summed E-state index contributed by atoms with van der Waals surface area (Å²) in [5.41, 5.74) is 9.38. The fourth-order valence-corrected chi connectivity index (χ4v) is 4.21. The van der Waals surface area contributed by atoms with Gasteiger partial charge < -0.3 is 0 Å². The van der Waals surface area contributed by atoms with Crippen LogP contribution in [0.5, 0.6) is 0 Å². The van der Waals surface area contributed by atoms with E-state index in [4.69, 9.17) is 0 Å². The molecule has 0 bridgehead atoms. The minimum Gasteiger partial charge on any atom is -0.0622 e. The van der Waals surface area contributed by atoms with Gasteiger partial charge in [-0.05, 0) is 59.2 Å². The van der Waals surface area contributed by atoms with E-state index in [0.717, 1.165) is 6.42 Å². The third-order valence-electron chi connectivity index (χ3n) is 5.78. The lowest BCUT2D eigenvalue weighted by molar-refractivity contribution is 0.791. The standard InChI is InChI=1S/C30H28/c1-23-10-9-11-24(2)30(23)29(28-14-7-4-8-15-28)22-27-20-18-26(19-21-27)17-16-25-12-5-3-6-13-25/h3-21,29H,22H2,1-2H3/b17-16+. The van der Waals surface area contributed by atoms with Gasteiger partial charge in [-0.25, -0.2) is 0 Å². The third-order valence-corrected chi connectivity index (χ3v) is 5.78. The second-order valence-electron chi connectivity index (χ2n) is 7.96. The van der Waals surface area contributed by atoms with Crippen molar-refractivity contribution in [2.75, 3.05) is 0 Å². The zero-order chi connectivity index (χ0) is 20.8. The van der Waals surface area contributed by atoms with Crippen molar-refractivity contribution in [2.24, 2.45) is 0 Å². The van der Waals surface area contributed by atoms with Gasteiger partial charge in [0.25, 0.3) is 0 Å². The lowest BCUT2D eigenvalue weighted by Crippen LogP contribution is -2.09. The van der Waals surface area contributed by atoms with Crippen LogP contribution in [0.4, 0.5) is 0 Å². The van der Waals surface area contributed by atoms with Crippen LogP contribution in [0.2, 0.25) is 0 Å². The molecule has 148 valence electrons. The number of rotatable bonds is 6. The second kappa shape index (κ2) is 9.41. The molecule has 0 spiro atoms. The maximum Gasteiger partial charge on any atom is 0.0135 e. The van der Waals surface area contributed by atoms with Crippen LogP contribution in [0.15, 0.2) is 103 Å². The maximum atomic E-state index is 2.27. The molecule has 0 nitrogen and oxygen atoms in total. The Labute approximate surface area is 180 Å². The first-order chi connectivity index (χ1) is 14.7. The van der Waals surface area contributed by atoms with Gasteiger partial charge in [0, 0.05) is 5.92 Å². The molecular weight excluding hydrogens is 360 g/mol. The molecule has 0 amide bonds. The number of aryl methyl sites for hydroxylation is 2. The predicted molar refractivity (Wildman–Crippen MR) is 130 cm³/mol. The van der Waals surface area contributed by atoms with E-state index < -0.39 is 0 Å². The number of hydrogen-bond donors (Lipinski definition) is 0. The molecule has 1 unspecified atom stereocenters. The van der Waals surface area contributed by atoms with Crippen molar-refractivity contribution in [1.29, 1.82) is 0 Å². The molecular formula is C30H28. The van der Waals surface area contributed by atoms with E-state index in [2.05, 4.69) is 123 Å². The summed E-state index contributed by atoms with van der Waals surface area (Å²) in [5, 5.41) is 0. The molecule has 0 N–H and O–H groups in total. The van der Waals surface area contributed by atoms with Gasteiger partial charge in [0.2, 0.25) is 0 Å². The Bertz CT molecular complexity index is 1080. The Balaban J connectivity index is 1.60. The molecule has 4 aromatic rings. The molecule has 30 heavy (non-hydrogen) atoms. The van der Waals surface area contributed by atoms with Crippen molar-refractivity contribution < 1.29 is 0 Å². The Morgan fingerprint density at radius 1 is 0.567 bits per heavy atom. The summed E-state index contributed by atoms with van der Waals surface area (Å²) < 4.78 is 0. The molecule has 0 fully saturated rings. The van der Waals surface area contributed by atoms with E-state index in [9.17, 15) is 0 Å². The van der Waals surface area contributed by atoms with Crippen LogP contribution >= 0.6 is 0 Å². The zero-order valence-electron chi connectivity index (χ0n) is 17.8. The molecule has 1 atom stereocenters. The van der Waals surface area contributed by atoms with Crippen molar-refractivity contribution in [2.45, 2.75) is 26.2 Å².